The maximum absolute atomic E-state index is 13.3. The highest BCUT2D eigenvalue weighted by Crippen LogP contribution is 2.15. The summed E-state index contributed by atoms with van der Waals surface area (Å²) in [6.45, 7) is 4.14. The van der Waals surface area contributed by atoms with Crippen molar-refractivity contribution in [2.45, 2.75) is 32.7 Å². The highest BCUT2D eigenvalue weighted by Gasteiger charge is 2.12. The van der Waals surface area contributed by atoms with E-state index < -0.39 is 5.82 Å². The molecule has 0 fully saturated rings. The number of nitrogen functional groups attached to an aromatic ring is 1. The number of anilines is 1. The van der Waals surface area contributed by atoms with Gasteiger partial charge in [0.05, 0.1) is 17.8 Å². The van der Waals surface area contributed by atoms with Gasteiger partial charge in [0.2, 0.25) is 0 Å². The fraction of sp³-hybridized carbons (Fsp3) is 0.333. The largest absolute Gasteiger partial charge is 0.396 e. The molecule has 0 spiro atoms. The van der Waals surface area contributed by atoms with Crippen LogP contribution in [-0.2, 0) is 6.42 Å². The van der Waals surface area contributed by atoms with Crippen molar-refractivity contribution in [3.63, 3.8) is 0 Å². The summed E-state index contributed by atoms with van der Waals surface area (Å²) in [7, 11) is 0. The van der Waals surface area contributed by atoms with E-state index in [1.165, 1.54) is 18.2 Å². The van der Waals surface area contributed by atoms with Gasteiger partial charge in [0.1, 0.15) is 5.82 Å². The van der Waals surface area contributed by atoms with E-state index in [4.69, 9.17) is 5.73 Å². The van der Waals surface area contributed by atoms with Gasteiger partial charge in [-0.25, -0.2) is 4.39 Å². The summed E-state index contributed by atoms with van der Waals surface area (Å²) < 4.78 is 15.2. The standard InChI is InChI=1S/C15H18FN3O/c1-3-10(2)19-7-6-12(18-19)9-15(20)11-4-5-14(17)13(16)8-11/h4-8,10H,3,9,17H2,1-2H3. The number of nitrogens with two attached hydrogens (primary N) is 1. The van der Waals surface area contributed by atoms with Gasteiger partial charge in [-0.1, -0.05) is 6.92 Å². The van der Waals surface area contributed by atoms with Gasteiger partial charge in [0.15, 0.2) is 5.78 Å². The van der Waals surface area contributed by atoms with Crippen molar-refractivity contribution >= 4 is 11.5 Å². The molecule has 1 unspecified atom stereocenters. The Hall–Kier alpha value is -2.17. The molecule has 106 valence electrons. The van der Waals surface area contributed by atoms with Crippen LogP contribution >= 0.6 is 0 Å². The third-order valence-electron chi connectivity index (χ3n) is 3.37. The molecule has 2 rings (SSSR count). The normalized spacial score (nSPS) is 12.3. The Morgan fingerprint density at radius 1 is 1.45 bits per heavy atom. The third-order valence-corrected chi connectivity index (χ3v) is 3.37. The van der Waals surface area contributed by atoms with Crippen molar-refractivity contribution in [3.05, 3.63) is 47.5 Å². The Labute approximate surface area is 117 Å². The Morgan fingerprint density at radius 3 is 2.85 bits per heavy atom. The molecule has 1 atom stereocenters. The van der Waals surface area contributed by atoms with Crippen LogP contribution in [0.25, 0.3) is 0 Å². The van der Waals surface area contributed by atoms with Crippen molar-refractivity contribution in [1.82, 2.24) is 9.78 Å². The zero-order valence-corrected chi connectivity index (χ0v) is 11.6. The van der Waals surface area contributed by atoms with Gasteiger partial charge in [-0.2, -0.15) is 5.10 Å². The van der Waals surface area contributed by atoms with Crippen LogP contribution < -0.4 is 5.73 Å². The van der Waals surface area contributed by atoms with E-state index >= 15 is 0 Å². The van der Waals surface area contributed by atoms with Crippen LogP contribution in [-0.4, -0.2) is 15.6 Å². The van der Waals surface area contributed by atoms with Crippen molar-refractivity contribution in [2.75, 3.05) is 5.73 Å². The second-order valence-corrected chi connectivity index (χ2v) is 4.88. The van der Waals surface area contributed by atoms with Gasteiger partial charge in [0.25, 0.3) is 0 Å². The van der Waals surface area contributed by atoms with E-state index in [0.717, 1.165) is 6.42 Å². The number of hydrogen-bond donors (Lipinski definition) is 1. The quantitative estimate of drug-likeness (QED) is 0.674. The highest BCUT2D eigenvalue weighted by atomic mass is 19.1. The lowest BCUT2D eigenvalue weighted by Crippen LogP contribution is -2.08. The summed E-state index contributed by atoms with van der Waals surface area (Å²) in [5, 5.41) is 4.36. The van der Waals surface area contributed by atoms with Crippen molar-refractivity contribution in [3.8, 4) is 0 Å². The molecule has 5 heteroatoms. The third kappa shape index (κ3) is 3.04. The molecule has 1 aromatic carbocycles. The molecule has 1 heterocycles. The van der Waals surface area contributed by atoms with Gasteiger partial charge in [-0.15, -0.1) is 0 Å². The number of ketones is 1. The molecule has 0 amide bonds. The van der Waals surface area contributed by atoms with E-state index in [9.17, 15) is 9.18 Å². The lowest BCUT2D eigenvalue weighted by molar-refractivity contribution is 0.0991. The molecule has 0 saturated carbocycles. The molecule has 0 aliphatic rings. The number of benzene rings is 1. The molecule has 0 bridgehead atoms. The Balaban J connectivity index is 2.11. The first kappa shape index (κ1) is 14.2. The van der Waals surface area contributed by atoms with Crippen LogP contribution in [0.15, 0.2) is 30.5 Å². The molecule has 2 aromatic rings. The van der Waals surface area contributed by atoms with Gasteiger partial charge < -0.3 is 5.73 Å². The predicted molar refractivity (Wildman–Crippen MR) is 76.1 cm³/mol. The Morgan fingerprint density at radius 2 is 2.20 bits per heavy atom. The first-order chi connectivity index (χ1) is 9.51. The van der Waals surface area contributed by atoms with Gasteiger partial charge in [-0.05, 0) is 37.6 Å². The average Bonchev–Trinajstić information content (AvgIpc) is 2.89. The maximum Gasteiger partial charge on any atom is 0.168 e. The minimum absolute atomic E-state index is 0.0441. The molecule has 20 heavy (non-hydrogen) atoms. The van der Waals surface area contributed by atoms with Gasteiger partial charge in [0, 0.05) is 17.8 Å². The van der Waals surface area contributed by atoms with Crippen LogP contribution in [0.1, 0.15) is 42.4 Å². The van der Waals surface area contributed by atoms with Crippen LogP contribution in [0.3, 0.4) is 0 Å². The molecule has 0 aliphatic heterocycles. The molecule has 4 nitrogen and oxygen atoms in total. The van der Waals surface area contributed by atoms with E-state index in [1.54, 1.807) is 0 Å². The average molecular weight is 275 g/mol. The number of hydrogen-bond acceptors (Lipinski definition) is 3. The SMILES string of the molecule is CCC(C)n1ccc(CC(=O)c2ccc(N)c(F)c2)n1. The van der Waals surface area contributed by atoms with Crippen molar-refractivity contribution in [1.29, 1.82) is 0 Å². The summed E-state index contributed by atoms with van der Waals surface area (Å²) >= 11 is 0. The van der Waals surface area contributed by atoms with Crippen molar-refractivity contribution in [2.24, 2.45) is 0 Å². The number of carbonyl (C=O) groups is 1. The molecule has 0 radical (unpaired) electrons. The number of Topliss-reactive ketones (excluding diaryl/α,β-unsaturated/α-hetero) is 1. The number of aromatic nitrogens is 2. The molecule has 0 aliphatic carbocycles. The number of rotatable bonds is 5. The fourth-order valence-electron chi connectivity index (χ4n) is 1.87. The predicted octanol–water partition coefficient (Wildman–Crippen LogP) is 3.00. The van der Waals surface area contributed by atoms with Crippen LogP contribution in [0.5, 0.6) is 0 Å². The molecule has 2 N–H and O–H groups in total. The van der Waals surface area contributed by atoms with Crippen LogP contribution in [0.4, 0.5) is 10.1 Å². The second-order valence-electron chi connectivity index (χ2n) is 4.88. The first-order valence-electron chi connectivity index (χ1n) is 6.63. The zero-order valence-electron chi connectivity index (χ0n) is 11.6. The lowest BCUT2D eigenvalue weighted by atomic mass is 10.1. The molecule has 0 saturated heterocycles. The summed E-state index contributed by atoms with van der Waals surface area (Å²) in [6, 6.07) is 6.22. The Kier molecular flexibility index (Phi) is 4.17. The van der Waals surface area contributed by atoms with Crippen LogP contribution in [0, 0.1) is 5.82 Å². The summed E-state index contributed by atoms with van der Waals surface area (Å²) in [4.78, 5) is 12.1. The summed E-state index contributed by atoms with van der Waals surface area (Å²) in [5.74, 6) is -0.737. The minimum atomic E-state index is -0.569. The van der Waals surface area contributed by atoms with E-state index in [2.05, 4.69) is 18.9 Å². The molecular weight excluding hydrogens is 257 g/mol. The summed E-state index contributed by atoms with van der Waals surface area (Å²) in [5.41, 5.74) is 6.44. The van der Waals surface area contributed by atoms with Gasteiger partial charge >= 0.3 is 0 Å². The number of halogens is 1. The number of carbonyl (C=O) groups excluding carboxylic acids is 1. The number of nitrogens with zero attached hydrogens (tertiary/aromatic N) is 2. The zero-order chi connectivity index (χ0) is 14.7. The molecule has 1 aromatic heterocycles. The first-order valence-corrected chi connectivity index (χ1v) is 6.63. The Bertz CT molecular complexity index is 621. The second kappa shape index (κ2) is 5.86. The van der Waals surface area contributed by atoms with Gasteiger partial charge in [-0.3, -0.25) is 9.48 Å². The van der Waals surface area contributed by atoms with E-state index in [-0.39, 0.29) is 17.9 Å². The highest BCUT2D eigenvalue weighted by molar-refractivity contribution is 5.97. The minimum Gasteiger partial charge on any atom is -0.396 e. The monoisotopic (exact) mass is 275 g/mol. The van der Waals surface area contributed by atoms with Crippen molar-refractivity contribution < 1.29 is 9.18 Å². The smallest absolute Gasteiger partial charge is 0.168 e. The fourth-order valence-corrected chi connectivity index (χ4v) is 1.87. The van der Waals surface area contributed by atoms with E-state index in [0.29, 0.717) is 17.3 Å². The van der Waals surface area contributed by atoms with E-state index in [1.807, 2.05) is 16.9 Å². The maximum atomic E-state index is 13.3. The summed E-state index contributed by atoms with van der Waals surface area (Å²) in [6.07, 6.45) is 2.99. The molecular formula is C15H18FN3O. The lowest BCUT2D eigenvalue weighted by Gasteiger charge is -2.08. The topological polar surface area (TPSA) is 60.9 Å². The van der Waals surface area contributed by atoms with Crippen LogP contribution in [0.2, 0.25) is 0 Å².